The molecule has 2 unspecified atom stereocenters. The molecule has 0 heterocycles. The van der Waals surface area contributed by atoms with Crippen LogP contribution in [0.4, 0.5) is 9.59 Å². The molecule has 4 bridgehead atoms. The van der Waals surface area contributed by atoms with E-state index in [4.69, 9.17) is 14.2 Å². The molecule has 0 aromatic heterocycles. The van der Waals surface area contributed by atoms with Crippen molar-refractivity contribution in [1.29, 1.82) is 0 Å². The molecule has 3 atom stereocenters. The summed E-state index contributed by atoms with van der Waals surface area (Å²) in [5.74, 6) is 0.387. The second kappa shape index (κ2) is 9.99. The molecule has 0 spiro atoms. The van der Waals surface area contributed by atoms with Crippen molar-refractivity contribution in [3.8, 4) is 5.75 Å². The molecule has 10 nitrogen and oxygen atoms in total. The van der Waals surface area contributed by atoms with Crippen molar-refractivity contribution < 1.29 is 33.4 Å². The Morgan fingerprint density at radius 1 is 1.00 bits per heavy atom. The lowest BCUT2D eigenvalue weighted by Gasteiger charge is -2.61. The Bertz CT molecular complexity index is 1010. The van der Waals surface area contributed by atoms with E-state index in [0.717, 1.165) is 37.7 Å². The summed E-state index contributed by atoms with van der Waals surface area (Å²) in [5, 5.41) is 6.01. The van der Waals surface area contributed by atoms with Crippen molar-refractivity contribution in [3.63, 3.8) is 0 Å². The van der Waals surface area contributed by atoms with Gasteiger partial charge in [0, 0.05) is 26.1 Å². The third-order valence-corrected chi connectivity index (χ3v) is 7.82. The second-order valence-electron chi connectivity index (χ2n) is 10.8. The van der Waals surface area contributed by atoms with E-state index in [-0.39, 0.29) is 12.3 Å². The molecule has 0 radical (unpaired) electrons. The van der Waals surface area contributed by atoms with Crippen LogP contribution in [0.3, 0.4) is 0 Å². The van der Waals surface area contributed by atoms with Crippen LogP contribution in [0.25, 0.3) is 0 Å². The fourth-order valence-electron chi connectivity index (χ4n) is 6.71. The molecular weight excluding hydrogens is 466 g/mol. The Morgan fingerprint density at radius 3 is 2.19 bits per heavy atom. The fourth-order valence-corrected chi connectivity index (χ4v) is 6.71. The molecule has 10 heteroatoms. The van der Waals surface area contributed by atoms with Gasteiger partial charge in [-0.05, 0) is 68.1 Å². The highest BCUT2D eigenvalue weighted by atomic mass is 16.6. The average Bonchev–Trinajstić information content (AvgIpc) is 2.82. The zero-order valence-electron chi connectivity index (χ0n) is 21.3. The molecule has 2 N–H and O–H groups in total. The maximum atomic E-state index is 13.7. The molecule has 1 aromatic carbocycles. The number of benzene rings is 1. The van der Waals surface area contributed by atoms with Crippen LogP contribution in [0.15, 0.2) is 24.3 Å². The summed E-state index contributed by atoms with van der Waals surface area (Å²) in [7, 11) is 5.83. The van der Waals surface area contributed by atoms with Gasteiger partial charge in [-0.15, -0.1) is 0 Å². The number of nitrogens with one attached hydrogen (secondary N) is 2. The lowest BCUT2D eigenvalue weighted by molar-refractivity contribution is -0.155. The second-order valence-corrected chi connectivity index (χ2v) is 10.8. The molecular formula is C26H35N3O7. The number of carbonyl (C=O) groups is 4. The van der Waals surface area contributed by atoms with Gasteiger partial charge in [0.2, 0.25) is 5.91 Å². The van der Waals surface area contributed by atoms with E-state index in [2.05, 4.69) is 10.6 Å². The molecule has 196 valence electrons. The van der Waals surface area contributed by atoms with Gasteiger partial charge in [0.15, 0.2) is 0 Å². The van der Waals surface area contributed by atoms with E-state index in [1.54, 1.807) is 38.4 Å². The van der Waals surface area contributed by atoms with E-state index in [0.29, 0.717) is 24.0 Å². The fraction of sp³-hybridized carbons (Fsp3) is 0.615. The van der Waals surface area contributed by atoms with Crippen molar-refractivity contribution >= 4 is 24.1 Å². The van der Waals surface area contributed by atoms with Gasteiger partial charge in [-0.2, -0.15) is 0 Å². The first kappa shape index (κ1) is 25.8. The molecule has 5 rings (SSSR count). The smallest absolute Gasteiger partial charge is 0.414 e. The van der Waals surface area contributed by atoms with Gasteiger partial charge in [-0.3, -0.25) is 4.79 Å². The summed E-state index contributed by atoms with van der Waals surface area (Å²) >= 11 is 0. The highest BCUT2D eigenvalue weighted by molar-refractivity contribution is 5.89. The summed E-state index contributed by atoms with van der Waals surface area (Å²) in [6.07, 6.45) is 4.06. The number of esters is 1. The van der Waals surface area contributed by atoms with Crippen LogP contribution in [0, 0.1) is 17.3 Å². The third-order valence-electron chi connectivity index (χ3n) is 7.82. The van der Waals surface area contributed by atoms with Gasteiger partial charge in [-0.25, -0.2) is 14.4 Å². The largest absolute Gasteiger partial charge is 0.467 e. The van der Waals surface area contributed by atoms with E-state index in [9.17, 15) is 19.2 Å². The first-order chi connectivity index (χ1) is 17.1. The van der Waals surface area contributed by atoms with Crippen molar-refractivity contribution in [1.82, 2.24) is 15.5 Å². The minimum Gasteiger partial charge on any atom is -0.467 e. The van der Waals surface area contributed by atoms with Crippen molar-refractivity contribution in [2.75, 3.05) is 28.3 Å². The van der Waals surface area contributed by atoms with Crippen molar-refractivity contribution in [2.24, 2.45) is 17.3 Å². The molecule has 36 heavy (non-hydrogen) atoms. The first-order valence-corrected chi connectivity index (χ1v) is 12.3. The Balaban J connectivity index is 1.47. The topological polar surface area (TPSA) is 123 Å². The van der Waals surface area contributed by atoms with Crippen LogP contribution in [-0.4, -0.2) is 68.9 Å². The third kappa shape index (κ3) is 5.27. The summed E-state index contributed by atoms with van der Waals surface area (Å²) in [4.78, 5) is 51.5. The predicted octanol–water partition coefficient (Wildman–Crippen LogP) is 2.64. The molecule has 0 saturated heterocycles. The van der Waals surface area contributed by atoms with Gasteiger partial charge in [0.05, 0.1) is 19.6 Å². The number of methoxy groups -OCH3 is 2. The Labute approximate surface area is 211 Å². The van der Waals surface area contributed by atoms with E-state index in [1.807, 2.05) is 0 Å². The standard InChI is InChI=1S/C26H35N3O7/c1-29(2)24(33)36-19-7-5-16(6-8-19)10-20(21(30)34-3)27-22(31)25-11-17-9-18(12-25)14-26(13-17,15-25)28-23(32)35-4/h5-8,17-18,20H,9-15H2,1-4H3,(H,27,31)(H,28,32)/t17?,18?,20-,25?,26?/m0/s1. The van der Waals surface area contributed by atoms with Crippen LogP contribution in [-0.2, 0) is 25.5 Å². The highest BCUT2D eigenvalue weighted by Gasteiger charge is 2.61. The number of carbonyl (C=O) groups excluding carboxylic acids is 4. The number of alkyl carbamates (subject to hydrolysis) is 1. The SMILES string of the molecule is COC(=O)NC12CC3CC(C1)CC(C(=O)N[C@@H](Cc1ccc(OC(=O)N(C)C)cc1)C(=O)OC)(C3)C2. The van der Waals surface area contributed by atoms with Gasteiger partial charge in [-0.1, -0.05) is 12.1 Å². The monoisotopic (exact) mass is 501 g/mol. The van der Waals surface area contributed by atoms with Gasteiger partial charge in [0.1, 0.15) is 11.8 Å². The lowest BCUT2D eigenvalue weighted by atomic mass is 9.46. The molecule has 4 fully saturated rings. The molecule has 0 aliphatic heterocycles. The zero-order chi connectivity index (χ0) is 26.1. The number of nitrogens with zero attached hydrogens (tertiary/aromatic N) is 1. The molecule has 3 amide bonds. The zero-order valence-corrected chi connectivity index (χ0v) is 21.3. The normalized spacial score (nSPS) is 28.6. The molecule has 4 aliphatic carbocycles. The summed E-state index contributed by atoms with van der Waals surface area (Å²) in [6.45, 7) is 0. The number of amides is 3. The van der Waals surface area contributed by atoms with Gasteiger partial charge < -0.3 is 29.7 Å². The summed E-state index contributed by atoms with van der Waals surface area (Å²) < 4.78 is 15.1. The predicted molar refractivity (Wildman–Crippen MR) is 129 cm³/mol. The first-order valence-electron chi connectivity index (χ1n) is 12.3. The molecule has 4 saturated carbocycles. The van der Waals surface area contributed by atoms with Crippen LogP contribution < -0.4 is 15.4 Å². The van der Waals surface area contributed by atoms with Crippen molar-refractivity contribution in [2.45, 2.75) is 56.5 Å². The number of hydrogen-bond acceptors (Lipinski definition) is 7. The highest BCUT2D eigenvalue weighted by Crippen LogP contribution is 2.61. The van der Waals surface area contributed by atoms with Gasteiger partial charge in [0.25, 0.3) is 0 Å². The van der Waals surface area contributed by atoms with E-state index < -0.39 is 35.2 Å². The Hall–Kier alpha value is -3.30. The van der Waals surface area contributed by atoms with Crippen LogP contribution >= 0.6 is 0 Å². The molecule has 1 aromatic rings. The number of hydrogen-bond donors (Lipinski definition) is 2. The number of ether oxygens (including phenoxy) is 3. The maximum absolute atomic E-state index is 13.7. The number of rotatable bonds is 7. The van der Waals surface area contributed by atoms with Gasteiger partial charge >= 0.3 is 18.2 Å². The van der Waals surface area contributed by atoms with Crippen LogP contribution in [0.1, 0.15) is 44.1 Å². The Morgan fingerprint density at radius 2 is 1.64 bits per heavy atom. The van der Waals surface area contributed by atoms with E-state index in [1.165, 1.54) is 19.1 Å². The van der Waals surface area contributed by atoms with Crippen LogP contribution in [0.2, 0.25) is 0 Å². The summed E-state index contributed by atoms with van der Waals surface area (Å²) in [6, 6.07) is 5.93. The minimum absolute atomic E-state index is 0.167. The maximum Gasteiger partial charge on any atom is 0.414 e. The summed E-state index contributed by atoms with van der Waals surface area (Å²) in [5.41, 5.74) is -0.304. The quantitative estimate of drug-likeness (QED) is 0.551. The average molecular weight is 502 g/mol. The lowest BCUT2D eigenvalue weighted by Crippen LogP contribution is -2.66. The Kier molecular flexibility index (Phi) is 7.15. The van der Waals surface area contributed by atoms with E-state index >= 15 is 0 Å². The molecule has 4 aliphatic rings. The van der Waals surface area contributed by atoms with Crippen LogP contribution in [0.5, 0.6) is 5.75 Å². The van der Waals surface area contributed by atoms with Crippen molar-refractivity contribution in [3.05, 3.63) is 29.8 Å². The minimum atomic E-state index is -0.866.